The van der Waals surface area contributed by atoms with Crippen molar-refractivity contribution in [3.63, 3.8) is 0 Å². The number of amides is 2. The minimum Gasteiger partial charge on any atom is -0.326 e. The number of carbonyl (C=O) groups excluding carboxylic acids is 2. The van der Waals surface area contributed by atoms with Crippen LogP contribution in [-0.4, -0.2) is 22.0 Å². The van der Waals surface area contributed by atoms with Gasteiger partial charge in [-0.3, -0.25) is 9.59 Å². The predicted octanol–water partition coefficient (Wildman–Crippen LogP) is 5.42. The summed E-state index contributed by atoms with van der Waals surface area (Å²) in [6.07, 6.45) is 0.678. The molecule has 27 heavy (non-hydrogen) atoms. The minimum absolute atomic E-state index is 0.0667. The van der Waals surface area contributed by atoms with E-state index in [1.807, 2.05) is 25.1 Å². The third-order valence-corrected chi connectivity index (χ3v) is 6.44. The van der Waals surface area contributed by atoms with Crippen LogP contribution in [-0.2, 0) is 9.59 Å². The number of nitrogens with zero attached hydrogens (tertiary/aromatic N) is 1. The second-order valence-corrected chi connectivity index (χ2v) is 8.77. The van der Waals surface area contributed by atoms with Crippen LogP contribution in [0.1, 0.15) is 20.3 Å². The Morgan fingerprint density at radius 3 is 2.52 bits per heavy atom. The molecule has 0 saturated carbocycles. The molecule has 140 valence electrons. The van der Waals surface area contributed by atoms with Crippen LogP contribution >= 0.6 is 34.7 Å². The van der Waals surface area contributed by atoms with Crippen molar-refractivity contribution in [3.05, 3.63) is 47.5 Å². The number of hydrogen-bond acceptors (Lipinski definition) is 5. The summed E-state index contributed by atoms with van der Waals surface area (Å²) in [5.74, 6) is -0.179. The quantitative estimate of drug-likeness (QED) is 0.523. The van der Waals surface area contributed by atoms with Crippen LogP contribution in [0.3, 0.4) is 0 Å². The first-order valence-electron chi connectivity index (χ1n) is 8.36. The number of thiazole rings is 1. The maximum Gasteiger partial charge on any atom is 0.237 e. The Hall–Kier alpha value is -2.09. The zero-order chi connectivity index (χ0) is 19.4. The standard InChI is InChI=1S/C19H18ClN3O2S2/c1-3-16(18(25)22-13-6-4-12(20)5-7-13)26-19-23-15-9-8-14(21-11(2)24)10-17(15)27-19/h4-10,16H,3H2,1-2H3,(H,21,24)(H,22,25)/t16-/m1/s1. The molecule has 3 aromatic rings. The highest BCUT2D eigenvalue weighted by molar-refractivity contribution is 8.02. The molecule has 8 heteroatoms. The molecule has 0 aliphatic heterocycles. The van der Waals surface area contributed by atoms with Crippen LogP contribution in [0.5, 0.6) is 0 Å². The number of anilines is 2. The Labute approximate surface area is 170 Å². The highest BCUT2D eigenvalue weighted by atomic mass is 35.5. The second kappa shape index (κ2) is 8.73. The average molecular weight is 420 g/mol. The highest BCUT2D eigenvalue weighted by Gasteiger charge is 2.20. The Morgan fingerprint density at radius 2 is 1.85 bits per heavy atom. The number of hydrogen-bond donors (Lipinski definition) is 2. The van der Waals surface area contributed by atoms with Crippen molar-refractivity contribution in [2.24, 2.45) is 0 Å². The number of nitrogens with one attached hydrogen (secondary N) is 2. The summed E-state index contributed by atoms with van der Waals surface area (Å²) in [6, 6.07) is 12.6. The fourth-order valence-electron chi connectivity index (χ4n) is 2.43. The van der Waals surface area contributed by atoms with Crippen molar-refractivity contribution in [1.29, 1.82) is 0 Å². The molecule has 0 aliphatic rings. The SMILES string of the molecule is CC[C@@H](Sc1nc2ccc(NC(C)=O)cc2s1)C(=O)Nc1ccc(Cl)cc1. The molecule has 5 nitrogen and oxygen atoms in total. The molecule has 0 radical (unpaired) electrons. The average Bonchev–Trinajstić information content (AvgIpc) is 3.02. The Kier molecular flexibility index (Phi) is 6.36. The van der Waals surface area contributed by atoms with Gasteiger partial charge in [-0.15, -0.1) is 11.3 Å². The minimum atomic E-state index is -0.254. The smallest absolute Gasteiger partial charge is 0.237 e. The fraction of sp³-hybridized carbons (Fsp3) is 0.211. The summed E-state index contributed by atoms with van der Waals surface area (Å²) >= 11 is 8.83. The molecule has 0 fully saturated rings. The van der Waals surface area contributed by atoms with E-state index in [2.05, 4.69) is 15.6 Å². The molecular weight excluding hydrogens is 402 g/mol. The lowest BCUT2D eigenvalue weighted by Crippen LogP contribution is -2.24. The van der Waals surface area contributed by atoms with Crippen LogP contribution in [0.4, 0.5) is 11.4 Å². The molecule has 1 atom stereocenters. The van der Waals surface area contributed by atoms with Gasteiger partial charge in [-0.05, 0) is 48.9 Å². The van der Waals surface area contributed by atoms with E-state index >= 15 is 0 Å². The first kappa shape index (κ1) is 19.7. The normalized spacial score (nSPS) is 12.0. The van der Waals surface area contributed by atoms with E-state index in [-0.39, 0.29) is 17.1 Å². The molecule has 2 amide bonds. The van der Waals surface area contributed by atoms with E-state index in [1.54, 1.807) is 24.3 Å². The number of aromatic nitrogens is 1. The molecule has 0 aliphatic carbocycles. The summed E-state index contributed by atoms with van der Waals surface area (Å²) in [7, 11) is 0. The molecule has 0 unspecified atom stereocenters. The molecule has 0 spiro atoms. The van der Waals surface area contributed by atoms with Crippen molar-refractivity contribution < 1.29 is 9.59 Å². The van der Waals surface area contributed by atoms with Crippen LogP contribution < -0.4 is 10.6 Å². The number of halogens is 1. The number of carbonyl (C=O) groups is 2. The lowest BCUT2D eigenvalue weighted by atomic mass is 10.3. The summed E-state index contributed by atoms with van der Waals surface area (Å²) in [5.41, 5.74) is 2.31. The summed E-state index contributed by atoms with van der Waals surface area (Å²) < 4.78 is 1.79. The second-order valence-electron chi connectivity index (χ2n) is 5.85. The van der Waals surface area contributed by atoms with Gasteiger partial charge < -0.3 is 10.6 Å². The van der Waals surface area contributed by atoms with Gasteiger partial charge in [0.25, 0.3) is 0 Å². The van der Waals surface area contributed by atoms with E-state index in [0.29, 0.717) is 17.1 Å². The van der Waals surface area contributed by atoms with Gasteiger partial charge in [0.15, 0.2) is 4.34 Å². The van der Waals surface area contributed by atoms with Gasteiger partial charge in [0, 0.05) is 23.3 Å². The van der Waals surface area contributed by atoms with Gasteiger partial charge in [0.2, 0.25) is 11.8 Å². The van der Waals surface area contributed by atoms with Gasteiger partial charge in [0.1, 0.15) is 0 Å². The van der Waals surface area contributed by atoms with Gasteiger partial charge in [0.05, 0.1) is 15.5 Å². The maximum absolute atomic E-state index is 12.6. The molecule has 1 aromatic heterocycles. The molecular formula is C19H18ClN3O2S2. The van der Waals surface area contributed by atoms with Crippen molar-refractivity contribution in [2.45, 2.75) is 29.9 Å². The molecule has 0 saturated heterocycles. The molecule has 3 rings (SSSR count). The predicted molar refractivity (Wildman–Crippen MR) is 114 cm³/mol. The van der Waals surface area contributed by atoms with Crippen LogP contribution in [0.25, 0.3) is 10.2 Å². The van der Waals surface area contributed by atoms with Gasteiger partial charge in [-0.25, -0.2) is 4.98 Å². The monoisotopic (exact) mass is 419 g/mol. The fourth-order valence-corrected chi connectivity index (χ4v) is 4.83. The van der Waals surface area contributed by atoms with Crippen molar-refractivity contribution in [3.8, 4) is 0 Å². The largest absolute Gasteiger partial charge is 0.326 e. The molecule has 2 N–H and O–H groups in total. The van der Waals surface area contributed by atoms with Crippen LogP contribution in [0.15, 0.2) is 46.8 Å². The zero-order valence-corrected chi connectivity index (χ0v) is 17.2. The highest BCUT2D eigenvalue weighted by Crippen LogP contribution is 2.34. The zero-order valence-electron chi connectivity index (χ0n) is 14.8. The third-order valence-electron chi connectivity index (χ3n) is 3.71. The van der Waals surface area contributed by atoms with Crippen molar-refractivity contribution in [2.75, 3.05) is 10.6 Å². The molecule has 0 bridgehead atoms. The first-order chi connectivity index (χ1) is 12.9. The number of benzene rings is 2. The Morgan fingerprint density at radius 1 is 1.15 bits per heavy atom. The van der Waals surface area contributed by atoms with E-state index in [1.165, 1.54) is 30.0 Å². The summed E-state index contributed by atoms with van der Waals surface area (Å²) in [4.78, 5) is 28.4. The topological polar surface area (TPSA) is 71.1 Å². The summed E-state index contributed by atoms with van der Waals surface area (Å²) in [6.45, 7) is 3.45. The number of fused-ring (bicyclic) bond motifs is 1. The maximum atomic E-state index is 12.6. The first-order valence-corrected chi connectivity index (χ1v) is 10.4. The summed E-state index contributed by atoms with van der Waals surface area (Å²) in [5, 5.41) is 6.06. The van der Waals surface area contributed by atoms with Crippen LogP contribution in [0.2, 0.25) is 5.02 Å². The van der Waals surface area contributed by atoms with E-state index < -0.39 is 0 Å². The van der Waals surface area contributed by atoms with E-state index in [0.717, 1.165) is 20.2 Å². The van der Waals surface area contributed by atoms with Crippen molar-refractivity contribution in [1.82, 2.24) is 4.98 Å². The lowest BCUT2D eigenvalue weighted by Gasteiger charge is -2.13. The number of thioether (sulfide) groups is 1. The Bertz CT molecular complexity index is 973. The van der Waals surface area contributed by atoms with Gasteiger partial charge in [-0.2, -0.15) is 0 Å². The van der Waals surface area contributed by atoms with Gasteiger partial charge >= 0.3 is 0 Å². The van der Waals surface area contributed by atoms with E-state index in [9.17, 15) is 9.59 Å². The van der Waals surface area contributed by atoms with Crippen LogP contribution in [0, 0.1) is 0 Å². The third kappa shape index (κ3) is 5.22. The van der Waals surface area contributed by atoms with Crippen molar-refractivity contribution >= 4 is 68.1 Å². The number of rotatable bonds is 6. The Balaban J connectivity index is 1.72. The van der Waals surface area contributed by atoms with E-state index in [4.69, 9.17) is 11.6 Å². The lowest BCUT2D eigenvalue weighted by molar-refractivity contribution is -0.116. The molecule has 1 heterocycles. The molecule has 2 aromatic carbocycles. The van der Waals surface area contributed by atoms with Gasteiger partial charge in [-0.1, -0.05) is 30.3 Å².